The SMILES string of the molecule is CC(=O)N1CCCC(CNC(=O)N2CCC(OC3CCCCC3)CC2)C1. The van der Waals surface area contributed by atoms with Crippen molar-refractivity contribution in [2.24, 2.45) is 5.92 Å². The summed E-state index contributed by atoms with van der Waals surface area (Å²) in [6, 6.07) is 0.0427. The molecule has 1 aliphatic carbocycles. The van der Waals surface area contributed by atoms with E-state index >= 15 is 0 Å². The largest absolute Gasteiger partial charge is 0.375 e. The third kappa shape index (κ3) is 5.60. The molecule has 0 aromatic carbocycles. The molecule has 1 N–H and O–H groups in total. The van der Waals surface area contributed by atoms with Gasteiger partial charge in [0, 0.05) is 39.6 Å². The average molecular weight is 366 g/mol. The summed E-state index contributed by atoms with van der Waals surface area (Å²) in [6.07, 6.45) is 11.2. The number of urea groups is 1. The molecule has 3 amide bonds. The summed E-state index contributed by atoms with van der Waals surface area (Å²) in [5, 5.41) is 3.09. The zero-order valence-corrected chi connectivity index (χ0v) is 16.3. The minimum absolute atomic E-state index is 0.0427. The van der Waals surface area contributed by atoms with Crippen LogP contribution in [0.2, 0.25) is 0 Å². The number of hydrogen-bond acceptors (Lipinski definition) is 3. The van der Waals surface area contributed by atoms with Crippen LogP contribution in [-0.2, 0) is 9.53 Å². The Balaban J connectivity index is 1.33. The summed E-state index contributed by atoms with van der Waals surface area (Å²) in [7, 11) is 0. The molecule has 0 bridgehead atoms. The number of nitrogens with zero attached hydrogens (tertiary/aromatic N) is 2. The first-order valence-corrected chi connectivity index (χ1v) is 10.6. The van der Waals surface area contributed by atoms with Gasteiger partial charge in [-0.2, -0.15) is 0 Å². The predicted molar refractivity (Wildman–Crippen MR) is 101 cm³/mol. The predicted octanol–water partition coefficient (Wildman–Crippen LogP) is 2.77. The Morgan fingerprint density at radius 3 is 2.27 bits per heavy atom. The van der Waals surface area contributed by atoms with Crippen LogP contribution >= 0.6 is 0 Å². The Morgan fingerprint density at radius 2 is 1.58 bits per heavy atom. The first-order valence-electron chi connectivity index (χ1n) is 10.6. The summed E-state index contributed by atoms with van der Waals surface area (Å²) < 4.78 is 6.25. The molecule has 0 spiro atoms. The molecular weight excluding hydrogens is 330 g/mol. The normalized spacial score (nSPS) is 26.0. The molecule has 2 heterocycles. The van der Waals surface area contributed by atoms with Gasteiger partial charge in [0.2, 0.25) is 5.91 Å². The van der Waals surface area contributed by atoms with Crippen molar-refractivity contribution in [1.82, 2.24) is 15.1 Å². The van der Waals surface area contributed by atoms with E-state index in [9.17, 15) is 9.59 Å². The highest BCUT2D eigenvalue weighted by molar-refractivity contribution is 5.74. The summed E-state index contributed by atoms with van der Waals surface area (Å²) in [6.45, 7) is 5.49. The molecule has 0 radical (unpaired) electrons. The van der Waals surface area contributed by atoms with E-state index in [1.807, 2.05) is 9.80 Å². The standard InChI is InChI=1S/C20H35N3O3/c1-16(24)23-11-5-6-17(15-23)14-21-20(25)22-12-9-19(10-13-22)26-18-7-3-2-4-8-18/h17-19H,2-15H2,1H3,(H,21,25). The van der Waals surface area contributed by atoms with Gasteiger partial charge in [0.1, 0.15) is 0 Å². The maximum absolute atomic E-state index is 12.4. The van der Waals surface area contributed by atoms with Crippen molar-refractivity contribution in [3.63, 3.8) is 0 Å². The van der Waals surface area contributed by atoms with E-state index in [-0.39, 0.29) is 11.9 Å². The Kier molecular flexibility index (Phi) is 7.17. The van der Waals surface area contributed by atoms with Crippen molar-refractivity contribution in [3.8, 4) is 0 Å². The quantitative estimate of drug-likeness (QED) is 0.833. The molecule has 1 atom stereocenters. The average Bonchev–Trinajstić information content (AvgIpc) is 2.68. The molecule has 1 saturated carbocycles. The molecular formula is C20H35N3O3. The summed E-state index contributed by atoms with van der Waals surface area (Å²) in [4.78, 5) is 27.8. The van der Waals surface area contributed by atoms with Gasteiger partial charge in [0.25, 0.3) is 0 Å². The van der Waals surface area contributed by atoms with E-state index in [0.29, 0.717) is 24.7 Å². The Hall–Kier alpha value is -1.30. The highest BCUT2D eigenvalue weighted by Gasteiger charge is 2.27. The van der Waals surface area contributed by atoms with Crippen molar-refractivity contribution >= 4 is 11.9 Å². The van der Waals surface area contributed by atoms with Gasteiger partial charge in [0.15, 0.2) is 0 Å². The number of rotatable bonds is 4. The van der Waals surface area contributed by atoms with Crippen LogP contribution in [0, 0.1) is 5.92 Å². The van der Waals surface area contributed by atoms with Crippen molar-refractivity contribution < 1.29 is 14.3 Å². The molecule has 26 heavy (non-hydrogen) atoms. The second-order valence-electron chi connectivity index (χ2n) is 8.24. The van der Waals surface area contributed by atoms with Crippen molar-refractivity contribution in [2.75, 3.05) is 32.7 Å². The number of likely N-dealkylation sites (tertiary alicyclic amines) is 2. The van der Waals surface area contributed by atoms with Gasteiger partial charge in [-0.15, -0.1) is 0 Å². The zero-order chi connectivity index (χ0) is 18.4. The van der Waals surface area contributed by atoms with Gasteiger partial charge in [0.05, 0.1) is 12.2 Å². The summed E-state index contributed by atoms with van der Waals surface area (Å²) in [5.41, 5.74) is 0. The molecule has 2 saturated heterocycles. The van der Waals surface area contributed by atoms with E-state index in [4.69, 9.17) is 4.74 Å². The second-order valence-corrected chi connectivity index (χ2v) is 8.24. The summed E-state index contributed by atoms with van der Waals surface area (Å²) >= 11 is 0. The van der Waals surface area contributed by atoms with Crippen molar-refractivity contribution in [1.29, 1.82) is 0 Å². The Labute approximate surface area is 157 Å². The monoisotopic (exact) mass is 365 g/mol. The van der Waals surface area contributed by atoms with E-state index in [1.54, 1.807) is 6.92 Å². The smallest absolute Gasteiger partial charge is 0.317 e. The number of carbonyl (C=O) groups is 2. The number of piperidine rings is 2. The van der Waals surface area contributed by atoms with Crippen LogP contribution in [0.3, 0.4) is 0 Å². The lowest BCUT2D eigenvalue weighted by molar-refractivity contribution is -0.130. The molecule has 3 fully saturated rings. The number of hydrogen-bond donors (Lipinski definition) is 1. The maximum atomic E-state index is 12.4. The van der Waals surface area contributed by atoms with Crippen LogP contribution < -0.4 is 5.32 Å². The number of ether oxygens (including phenoxy) is 1. The molecule has 1 unspecified atom stereocenters. The lowest BCUT2D eigenvalue weighted by Gasteiger charge is -2.36. The fraction of sp³-hybridized carbons (Fsp3) is 0.900. The first-order chi connectivity index (χ1) is 12.6. The first kappa shape index (κ1) is 19.5. The highest BCUT2D eigenvalue weighted by atomic mass is 16.5. The maximum Gasteiger partial charge on any atom is 0.317 e. The Morgan fingerprint density at radius 1 is 0.885 bits per heavy atom. The highest BCUT2D eigenvalue weighted by Crippen LogP contribution is 2.24. The van der Waals surface area contributed by atoms with Gasteiger partial charge >= 0.3 is 6.03 Å². The van der Waals surface area contributed by atoms with Gasteiger partial charge in [-0.1, -0.05) is 19.3 Å². The molecule has 0 aromatic rings. The zero-order valence-electron chi connectivity index (χ0n) is 16.3. The van der Waals surface area contributed by atoms with Crippen LogP contribution in [0.4, 0.5) is 4.79 Å². The van der Waals surface area contributed by atoms with Gasteiger partial charge in [-0.25, -0.2) is 4.79 Å². The fourth-order valence-corrected chi connectivity index (χ4v) is 4.53. The van der Waals surface area contributed by atoms with Crippen LogP contribution in [0.25, 0.3) is 0 Å². The van der Waals surface area contributed by atoms with Gasteiger partial charge in [-0.05, 0) is 44.4 Å². The molecule has 0 aromatic heterocycles. The van der Waals surface area contributed by atoms with E-state index in [0.717, 1.165) is 51.9 Å². The number of nitrogens with one attached hydrogen (secondary N) is 1. The minimum atomic E-state index is 0.0427. The Bertz CT molecular complexity index is 471. The third-order valence-electron chi connectivity index (χ3n) is 6.17. The topological polar surface area (TPSA) is 61.9 Å². The third-order valence-corrected chi connectivity index (χ3v) is 6.17. The molecule has 6 heteroatoms. The van der Waals surface area contributed by atoms with Crippen molar-refractivity contribution in [2.45, 2.75) is 76.9 Å². The van der Waals surface area contributed by atoms with Crippen LogP contribution in [0.15, 0.2) is 0 Å². The second kappa shape index (κ2) is 9.58. The molecule has 6 nitrogen and oxygen atoms in total. The minimum Gasteiger partial charge on any atom is -0.375 e. The molecule has 148 valence electrons. The summed E-state index contributed by atoms with van der Waals surface area (Å²) in [5.74, 6) is 0.518. The van der Waals surface area contributed by atoms with Crippen molar-refractivity contribution in [3.05, 3.63) is 0 Å². The van der Waals surface area contributed by atoms with E-state index < -0.39 is 0 Å². The lowest BCUT2D eigenvalue weighted by Crippen LogP contribution is -2.49. The van der Waals surface area contributed by atoms with Gasteiger partial charge in [-0.3, -0.25) is 4.79 Å². The van der Waals surface area contributed by atoms with Crippen LogP contribution in [0.1, 0.15) is 64.7 Å². The number of amides is 3. The lowest BCUT2D eigenvalue weighted by atomic mass is 9.97. The molecule has 3 rings (SSSR count). The molecule has 2 aliphatic heterocycles. The van der Waals surface area contributed by atoms with Crippen LogP contribution in [-0.4, -0.2) is 66.7 Å². The van der Waals surface area contributed by atoms with Gasteiger partial charge < -0.3 is 19.9 Å². The van der Waals surface area contributed by atoms with Crippen LogP contribution in [0.5, 0.6) is 0 Å². The fourth-order valence-electron chi connectivity index (χ4n) is 4.53. The van der Waals surface area contributed by atoms with E-state index in [2.05, 4.69) is 5.32 Å². The molecule has 3 aliphatic rings. The number of carbonyl (C=O) groups excluding carboxylic acids is 2. The van der Waals surface area contributed by atoms with E-state index in [1.165, 1.54) is 32.1 Å².